The van der Waals surface area contributed by atoms with Gasteiger partial charge >= 0.3 is 0 Å². The van der Waals surface area contributed by atoms with Gasteiger partial charge in [-0.2, -0.15) is 0 Å². The van der Waals surface area contributed by atoms with Crippen LogP contribution in [0.15, 0.2) is 0 Å². The van der Waals surface area contributed by atoms with Gasteiger partial charge in [0.25, 0.3) is 0 Å². The molecule has 3 N–H and O–H groups in total. The highest BCUT2D eigenvalue weighted by molar-refractivity contribution is 4.90. The van der Waals surface area contributed by atoms with E-state index in [4.69, 9.17) is 5.73 Å². The van der Waals surface area contributed by atoms with Crippen LogP contribution in [-0.2, 0) is 0 Å². The van der Waals surface area contributed by atoms with Crippen molar-refractivity contribution >= 4 is 0 Å². The second-order valence-corrected chi connectivity index (χ2v) is 3.57. The Morgan fingerprint density at radius 1 is 1.70 bits per heavy atom. The normalized spacial score (nSPS) is 40.5. The van der Waals surface area contributed by atoms with E-state index in [0.717, 1.165) is 19.6 Å². The molecule has 0 amide bonds. The second-order valence-electron chi connectivity index (χ2n) is 3.57. The number of hydrogen-bond donors (Lipinski definition) is 2. The fourth-order valence-electron chi connectivity index (χ4n) is 1.70. The van der Waals surface area contributed by atoms with Gasteiger partial charge in [-0.15, -0.1) is 0 Å². The Morgan fingerprint density at radius 2 is 2.40 bits per heavy atom. The van der Waals surface area contributed by atoms with Crippen molar-refractivity contribution in [3.63, 3.8) is 0 Å². The molecule has 1 fully saturated rings. The molecule has 0 saturated carbocycles. The summed E-state index contributed by atoms with van der Waals surface area (Å²) in [6.45, 7) is 7.66. The van der Waals surface area contributed by atoms with Crippen LogP contribution in [0.1, 0.15) is 20.3 Å². The monoisotopic (exact) mass is 142 g/mol. The Morgan fingerprint density at radius 3 is 2.80 bits per heavy atom. The van der Waals surface area contributed by atoms with E-state index in [9.17, 15) is 0 Å². The molecule has 2 unspecified atom stereocenters. The van der Waals surface area contributed by atoms with Crippen LogP contribution >= 0.6 is 0 Å². The maximum absolute atomic E-state index is 5.64. The molecule has 10 heavy (non-hydrogen) atoms. The Hall–Kier alpha value is -0.0800. The number of rotatable bonds is 2. The average molecular weight is 142 g/mol. The third-order valence-electron chi connectivity index (χ3n) is 3.00. The Kier molecular flexibility index (Phi) is 2.32. The molecule has 0 aliphatic carbocycles. The van der Waals surface area contributed by atoms with Crippen molar-refractivity contribution in [2.24, 2.45) is 17.1 Å². The van der Waals surface area contributed by atoms with Crippen LogP contribution in [0.2, 0.25) is 0 Å². The maximum Gasteiger partial charge on any atom is 0.000880 e. The predicted octanol–water partition coefficient (Wildman–Crippen LogP) is 0.581. The van der Waals surface area contributed by atoms with E-state index in [0.29, 0.717) is 11.3 Å². The summed E-state index contributed by atoms with van der Waals surface area (Å²) >= 11 is 0. The maximum atomic E-state index is 5.64. The topological polar surface area (TPSA) is 38.0 Å². The molecular weight excluding hydrogens is 124 g/mol. The summed E-state index contributed by atoms with van der Waals surface area (Å²) in [6, 6.07) is 0. The highest BCUT2D eigenvalue weighted by Gasteiger charge is 2.35. The third-order valence-corrected chi connectivity index (χ3v) is 3.00. The van der Waals surface area contributed by atoms with Crippen LogP contribution in [0.4, 0.5) is 0 Å². The minimum Gasteiger partial charge on any atom is -0.330 e. The smallest absolute Gasteiger partial charge is 0.000880 e. The lowest BCUT2D eigenvalue weighted by atomic mass is 9.78. The molecule has 1 aliphatic heterocycles. The molecule has 2 nitrogen and oxygen atoms in total. The lowest BCUT2D eigenvalue weighted by Crippen LogP contribution is -2.30. The van der Waals surface area contributed by atoms with E-state index >= 15 is 0 Å². The van der Waals surface area contributed by atoms with E-state index in [1.807, 2.05) is 0 Å². The summed E-state index contributed by atoms with van der Waals surface area (Å²) < 4.78 is 0. The minimum absolute atomic E-state index is 0.467. The van der Waals surface area contributed by atoms with Gasteiger partial charge in [-0.25, -0.2) is 0 Å². The average Bonchev–Trinajstić information content (AvgIpc) is 2.32. The largest absolute Gasteiger partial charge is 0.330 e. The molecule has 0 aromatic carbocycles. The quantitative estimate of drug-likeness (QED) is 0.592. The Bertz CT molecular complexity index is 114. The Labute approximate surface area is 63.2 Å². The first-order valence-electron chi connectivity index (χ1n) is 4.13. The molecule has 2 heteroatoms. The molecule has 0 spiro atoms. The summed E-state index contributed by atoms with van der Waals surface area (Å²) in [5, 5.41) is 3.38. The third kappa shape index (κ3) is 1.18. The predicted molar refractivity (Wildman–Crippen MR) is 43.8 cm³/mol. The number of nitrogens with two attached hydrogens (primary N) is 1. The fraction of sp³-hybridized carbons (Fsp3) is 1.00. The van der Waals surface area contributed by atoms with Gasteiger partial charge in [0, 0.05) is 6.54 Å². The van der Waals surface area contributed by atoms with Crippen LogP contribution in [0.3, 0.4) is 0 Å². The first-order valence-corrected chi connectivity index (χ1v) is 4.13. The van der Waals surface area contributed by atoms with Crippen LogP contribution < -0.4 is 11.1 Å². The summed E-state index contributed by atoms with van der Waals surface area (Å²) in [5.41, 5.74) is 6.11. The van der Waals surface area contributed by atoms with E-state index in [1.165, 1.54) is 6.42 Å². The van der Waals surface area contributed by atoms with Crippen LogP contribution in [0, 0.1) is 11.3 Å². The van der Waals surface area contributed by atoms with Gasteiger partial charge in [0.15, 0.2) is 0 Å². The summed E-state index contributed by atoms with van der Waals surface area (Å²) in [7, 11) is 0. The first-order chi connectivity index (χ1) is 4.73. The standard InChI is InChI=1S/C8H18N2/c1-3-8(2)6-10-5-7(8)4-9/h7,10H,3-6,9H2,1-2H3. The van der Waals surface area contributed by atoms with Gasteiger partial charge in [-0.1, -0.05) is 13.8 Å². The molecule has 0 radical (unpaired) electrons. The van der Waals surface area contributed by atoms with Gasteiger partial charge in [0.1, 0.15) is 0 Å². The lowest BCUT2D eigenvalue weighted by Gasteiger charge is -2.27. The van der Waals surface area contributed by atoms with Gasteiger partial charge in [-0.05, 0) is 30.8 Å². The van der Waals surface area contributed by atoms with Crippen molar-refractivity contribution in [3.8, 4) is 0 Å². The molecule has 0 aromatic heterocycles. The van der Waals surface area contributed by atoms with E-state index < -0.39 is 0 Å². The number of nitrogens with one attached hydrogen (secondary N) is 1. The molecule has 1 rings (SSSR count). The summed E-state index contributed by atoms with van der Waals surface area (Å²) in [6.07, 6.45) is 1.24. The molecule has 0 aromatic rings. The van der Waals surface area contributed by atoms with Crippen molar-refractivity contribution < 1.29 is 0 Å². The molecule has 1 heterocycles. The van der Waals surface area contributed by atoms with E-state index in [2.05, 4.69) is 19.2 Å². The van der Waals surface area contributed by atoms with Crippen molar-refractivity contribution in [2.45, 2.75) is 20.3 Å². The Balaban J connectivity index is 2.56. The SMILES string of the molecule is CCC1(C)CNCC1CN. The van der Waals surface area contributed by atoms with Crippen LogP contribution in [0.25, 0.3) is 0 Å². The minimum atomic E-state index is 0.467. The zero-order valence-corrected chi connectivity index (χ0v) is 6.98. The summed E-state index contributed by atoms with van der Waals surface area (Å²) in [5.74, 6) is 0.692. The molecule has 2 atom stereocenters. The zero-order valence-electron chi connectivity index (χ0n) is 6.98. The van der Waals surface area contributed by atoms with E-state index in [1.54, 1.807) is 0 Å². The van der Waals surface area contributed by atoms with Gasteiger partial charge in [0.05, 0.1) is 0 Å². The molecule has 60 valence electrons. The molecule has 1 saturated heterocycles. The van der Waals surface area contributed by atoms with Crippen LogP contribution in [0.5, 0.6) is 0 Å². The van der Waals surface area contributed by atoms with E-state index in [-0.39, 0.29) is 0 Å². The van der Waals surface area contributed by atoms with Gasteiger partial charge in [-0.3, -0.25) is 0 Å². The lowest BCUT2D eigenvalue weighted by molar-refractivity contribution is 0.252. The second kappa shape index (κ2) is 2.89. The number of hydrogen-bond acceptors (Lipinski definition) is 2. The van der Waals surface area contributed by atoms with Crippen LogP contribution in [-0.4, -0.2) is 19.6 Å². The molecule has 0 bridgehead atoms. The van der Waals surface area contributed by atoms with Crippen molar-refractivity contribution in [1.82, 2.24) is 5.32 Å². The van der Waals surface area contributed by atoms with Crippen molar-refractivity contribution in [2.75, 3.05) is 19.6 Å². The zero-order chi connectivity index (χ0) is 7.61. The van der Waals surface area contributed by atoms with Crippen molar-refractivity contribution in [3.05, 3.63) is 0 Å². The molecular formula is C8H18N2. The van der Waals surface area contributed by atoms with Gasteiger partial charge in [0.2, 0.25) is 0 Å². The fourth-order valence-corrected chi connectivity index (χ4v) is 1.70. The molecule has 1 aliphatic rings. The van der Waals surface area contributed by atoms with Crippen molar-refractivity contribution in [1.29, 1.82) is 0 Å². The first kappa shape index (κ1) is 8.02. The highest BCUT2D eigenvalue weighted by atomic mass is 14.9. The summed E-state index contributed by atoms with van der Waals surface area (Å²) in [4.78, 5) is 0. The van der Waals surface area contributed by atoms with Gasteiger partial charge < -0.3 is 11.1 Å². The highest BCUT2D eigenvalue weighted by Crippen LogP contribution is 2.33.